The van der Waals surface area contributed by atoms with Crippen molar-refractivity contribution in [2.45, 2.75) is 19.4 Å². The zero-order chi connectivity index (χ0) is 25.1. The number of carbonyl (C=O) groups excluding carboxylic acids is 2. The van der Waals surface area contributed by atoms with Crippen molar-refractivity contribution in [2.24, 2.45) is 0 Å². The van der Waals surface area contributed by atoms with Crippen LogP contribution in [0.3, 0.4) is 0 Å². The highest BCUT2D eigenvalue weighted by Crippen LogP contribution is 2.38. The van der Waals surface area contributed by atoms with Crippen molar-refractivity contribution in [3.05, 3.63) is 105 Å². The van der Waals surface area contributed by atoms with Crippen LogP contribution in [0.1, 0.15) is 38.0 Å². The van der Waals surface area contributed by atoms with Crippen molar-refractivity contribution >= 4 is 33.9 Å². The van der Waals surface area contributed by atoms with E-state index in [0.29, 0.717) is 25.3 Å². The van der Waals surface area contributed by atoms with Gasteiger partial charge in [-0.25, -0.2) is 0 Å². The number of amides is 2. The van der Waals surface area contributed by atoms with E-state index >= 15 is 0 Å². The first-order chi connectivity index (χ1) is 17.6. The molecule has 5 nitrogen and oxygen atoms in total. The number of hydrogen-bond donors (Lipinski definition) is 0. The molecule has 0 fully saturated rings. The predicted molar refractivity (Wildman–Crippen MR) is 144 cm³/mol. The lowest BCUT2D eigenvalue weighted by Crippen LogP contribution is -2.47. The Hall–Kier alpha value is -3.48. The van der Waals surface area contributed by atoms with Crippen LogP contribution in [0.2, 0.25) is 0 Å². The fourth-order valence-electron chi connectivity index (χ4n) is 4.98. The topological polar surface area (TPSA) is 49.9 Å². The van der Waals surface area contributed by atoms with Gasteiger partial charge in [0.05, 0.1) is 12.6 Å². The lowest BCUT2D eigenvalue weighted by Gasteiger charge is -2.37. The van der Waals surface area contributed by atoms with Gasteiger partial charge in [0.2, 0.25) is 5.91 Å². The minimum Gasteiger partial charge on any atom is -0.383 e. The largest absolute Gasteiger partial charge is 0.383 e. The van der Waals surface area contributed by atoms with E-state index in [0.717, 1.165) is 22.8 Å². The molecule has 2 heterocycles. The summed E-state index contributed by atoms with van der Waals surface area (Å²) in [5.74, 6) is -0.209. The lowest BCUT2D eigenvalue weighted by atomic mass is 9.92. The summed E-state index contributed by atoms with van der Waals surface area (Å²) in [7, 11) is 1.61. The molecule has 1 aromatic heterocycles. The van der Waals surface area contributed by atoms with Crippen LogP contribution < -0.4 is 0 Å². The van der Waals surface area contributed by atoms with Gasteiger partial charge in [0.25, 0.3) is 5.91 Å². The van der Waals surface area contributed by atoms with Gasteiger partial charge in [-0.2, -0.15) is 0 Å². The fraction of sp³-hybridized carbons (Fsp3) is 0.267. The minimum absolute atomic E-state index is 0.00719. The zero-order valence-electron chi connectivity index (χ0n) is 20.6. The molecule has 4 aromatic rings. The molecule has 1 aliphatic heterocycles. The molecule has 2 amide bonds. The molecular formula is C30H30N2O3S. The van der Waals surface area contributed by atoms with Gasteiger partial charge < -0.3 is 14.5 Å². The van der Waals surface area contributed by atoms with Gasteiger partial charge in [-0.1, -0.05) is 66.2 Å². The highest BCUT2D eigenvalue weighted by molar-refractivity contribution is 7.10. The number of thiophene rings is 1. The van der Waals surface area contributed by atoms with Crippen LogP contribution in [-0.2, 0) is 16.0 Å². The van der Waals surface area contributed by atoms with Crippen LogP contribution in [0.15, 0.2) is 78.2 Å². The number of benzene rings is 3. The molecule has 6 heteroatoms. The van der Waals surface area contributed by atoms with Crippen LogP contribution >= 0.6 is 11.3 Å². The second kappa shape index (κ2) is 10.6. The smallest absolute Gasteiger partial charge is 0.255 e. The third-order valence-electron chi connectivity index (χ3n) is 6.88. The number of nitrogens with zero attached hydrogens (tertiary/aromatic N) is 2. The summed E-state index contributed by atoms with van der Waals surface area (Å²) in [6, 6.07) is 23.9. The van der Waals surface area contributed by atoms with Gasteiger partial charge in [-0.15, -0.1) is 11.3 Å². The fourth-order valence-corrected chi connectivity index (χ4v) is 5.89. The van der Waals surface area contributed by atoms with Crippen molar-refractivity contribution in [3.63, 3.8) is 0 Å². The summed E-state index contributed by atoms with van der Waals surface area (Å²) in [5, 5.41) is 3.99. The summed E-state index contributed by atoms with van der Waals surface area (Å²) in [6.45, 7) is 3.41. The maximum absolute atomic E-state index is 13.8. The third kappa shape index (κ3) is 4.79. The predicted octanol–water partition coefficient (Wildman–Crippen LogP) is 5.47. The second-order valence-electron chi connectivity index (χ2n) is 9.20. The number of hydrogen-bond acceptors (Lipinski definition) is 4. The maximum atomic E-state index is 13.8. The van der Waals surface area contributed by atoms with Crippen LogP contribution in [0.4, 0.5) is 0 Å². The third-order valence-corrected chi connectivity index (χ3v) is 7.87. The minimum atomic E-state index is -0.155. The van der Waals surface area contributed by atoms with Crippen LogP contribution in [0, 0.1) is 6.92 Å². The standard InChI is InChI=1S/C30H30N2O3S/c1-21-10-12-23(13-11-21)29-26-15-19-36-27(26)14-16-32(29)28(33)20-31(17-18-35-2)30(34)25-9-5-7-22-6-3-4-8-24(22)25/h3-13,15,19,29H,14,16-18,20H2,1-2H3. The van der Waals surface area contributed by atoms with Gasteiger partial charge in [-0.05, 0) is 52.8 Å². The van der Waals surface area contributed by atoms with Gasteiger partial charge in [0.1, 0.15) is 6.54 Å². The summed E-state index contributed by atoms with van der Waals surface area (Å²) in [4.78, 5) is 32.5. The molecular weight excluding hydrogens is 468 g/mol. The summed E-state index contributed by atoms with van der Waals surface area (Å²) >= 11 is 1.75. The zero-order valence-corrected chi connectivity index (χ0v) is 21.5. The molecule has 0 saturated heterocycles. The van der Waals surface area contributed by atoms with Gasteiger partial charge in [0, 0.05) is 30.6 Å². The molecule has 0 spiro atoms. The monoisotopic (exact) mass is 498 g/mol. The Morgan fingerprint density at radius 2 is 1.81 bits per heavy atom. The van der Waals surface area contributed by atoms with Crippen LogP contribution in [0.5, 0.6) is 0 Å². The van der Waals surface area contributed by atoms with E-state index < -0.39 is 0 Å². The Balaban J connectivity index is 1.45. The van der Waals surface area contributed by atoms with Gasteiger partial charge >= 0.3 is 0 Å². The maximum Gasteiger partial charge on any atom is 0.255 e. The number of aryl methyl sites for hydroxylation is 1. The SMILES string of the molecule is COCCN(CC(=O)N1CCc2sccc2C1c1ccc(C)cc1)C(=O)c1cccc2ccccc12. The molecule has 5 rings (SSSR count). The van der Waals surface area contributed by atoms with Crippen molar-refractivity contribution in [1.82, 2.24) is 9.80 Å². The second-order valence-corrected chi connectivity index (χ2v) is 10.2. The number of rotatable bonds is 7. The summed E-state index contributed by atoms with van der Waals surface area (Å²) in [6.07, 6.45) is 0.830. The number of fused-ring (bicyclic) bond motifs is 2. The van der Waals surface area contributed by atoms with E-state index in [2.05, 4.69) is 42.6 Å². The molecule has 0 saturated carbocycles. The lowest BCUT2D eigenvalue weighted by molar-refractivity contribution is -0.134. The molecule has 0 N–H and O–H groups in total. The highest BCUT2D eigenvalue weighted by Gasteiger charge is 2.34. The first kappa shape index (κ1) is 24.2. The molecule has 0 bridgehead atoms. The molecule has 1 unspecified atom stereocenters. The number of carbonyl (C=O) groups is 2. The molecule has 184 valence electrons. The van der Waals surface area contributed by atoms with Crippen LogP contribution in [-0.4, -0.2) is 55.0 Å². The first-order valence-electron chi connectivity index (χ1n) is 12.2. The van der Waals surface area contributed by atoms with Gasteiger partial charge in [0.15, 0.2) is 0 Å². The number of methoxy groups -OCH3 is 1. The van der Waals surface area contributed by atoms with E-state index in [-0.39, 0.29) is 24.4 Å². The van der Waals surface area contributed by atoms with Crippen molar-refractivity contribution < 1.29 is 14.3 Å². The van der Waals surface area contributed by atoms with Crippen molar-refractivity contribution in [1.29, 1.82) is 0 Å². The Bertz CT molecular complexity index is 1370. The Morgan fingerprint density at radius 3 is 2.61 bits per heavy atom. The van der Waals surface area contributed by atoms with Crippen molar-refractivity contribution in [3.8, 4) is 0 Å². The van der Waals surface area contributed by atoms with Gasteiger partial charge in [-0.3, -0.25) is 9.59 Å². The molecule has 1 aliphatic rings. The van der Waals surface area contributed by atoms with Crippen molar-refractivity contribution in [2.75, 3.05) is 33.4 Å². The van der Waals surface area contributed by atoms with E-state index in [1.54, 1.807) is 23.3 Å². The Morgan fingerprint density at radius 1 is 1.03 bits per heavy atom. The Kier molecular flexibility index (Phi) is 7.16. The summed E-state index contributed by atoms with van der Waals surface area (Å²) in [5.41, 5.74) is 4.07. The molecule has 0 radical (unpaired) electrons. The van der Waals surface area contributed by atoms with E-state index in [1.807, 2.05) is 47.4 Å². The molecule has 1 atom stereocenters. The Labute approximate surface area is 215 Å². The average molecular weight is 499 g/mol. The number of ether oxygens (including phenoxy) is 1. The molecule has 36 heavy (non-hydrogen) atoms. The highest BCUT2D eigenvalue weighted by atomic mass is 32.1. The molecule has 0 aliphatic carbocycles. The normalized spacial score (nSPS) is 15.1. The molecule has 3 aromatic carbocycles. The van der Waals surface area contributed by atoms with Crippen LogP contribution in [0.25, 0.3) is 10.8 Å². The first-order valence-corrected chi connectivity index (χ1v) is 13.1. The van der Waals surface area contributed by atoms with E-state index in [9.17, 15) is 9.59 Å². The van der Waals surface area contributed by atoms with E-state index in [1.165, 1.54) is 16.0 Å². The van der Waals surface area contributed by atoms with E-state index in [4.69, 9.17) is 4.74 Å². The summed E-state index contributed by atoms with van der Waals surface area (Å²) < 4.78 is 5.29. The quantitative estimate of drug-likeness (QED) is 0.339. The average Bonchev–Trinajstić information content (AvgIpc) is 3.39.